The van der Waals surface area contributed by atoms with Crippen molar-refractivity contribution in [1.29, 1.82) is 0 Å². The van der Waals surface area contributed by atoms with Crippen LogP contribution in [-0.4, -0.2) is 52.5 Å². The summed E-state index contributed by atoms with van der Waals surface area (Å²) in [5, 5.41) is 11.6. The number of hydrogen-bond donors (Lipinski definition) is 1. The molecule has 1 N–H and O–H groups in total. The van der Waals surface area contributed by atoms with Crippen LogP contribution < -0.4 is 0 Å². The van der Waals surface area contributed by atoms with E-state index in [1.165, 1.54) is 18.2 Å². The quantitative estimate of drug-likeness (QED) is 0.592. The van der Waals surface area contributed by atoms with Crippen LogP contribution in [0, 0.1) is 41.0 Å². The normalized spacial score (nSPS) is 29.6. The van der Waals surface area contributed by atoms with E-state index >= 15 is 0 Å². The third kappa shape index (κ3) is 4.65. The largest absolute Gasteiger partial charge is 0.384 e. The Balaban J connectivity index is 1.61. The number of rotatable bonds is 3. The molecule has 2 saturated heterocycles. The summed E-state index contributed by atoms with van der Waals surface area (Å²) in [6, 6.07) is 6.89. The second-order valence-corrected chi connectivity index (χ2v) is 11.5. The van der Waals surface area contributed by atoms with Crippen LogP contribution in [0.15, 0.2) is 36.4 Å². The first kappa shape index (κ1) is 26.6. The molecular formula is C28H34F4N2O2. The fourth-order valence-electron chi connectivity index (χ4n) is 5.95. The van der Waals surface area contributed by atoms with Gasteiger partial charge in [-0.1, -0.05) is 26.0 Å². The fraction of sp³-hybridized carbons (Fsp3) is 0.536. The highest BCUT2D eigenvalue weighted by atomic mass is 19.2. The minimum atomic E-state index is -1.44. The molecule has 4 rings (SSSR count). The molecule has 0 bridgehead atoms. The van der Waals surface area contributed by atoms with Crippen molar-refractivity contribution in [2.75, 3.05) is 26.2 Å². The van der Waals surface area contributed by atoms with E-state index in [2.05, 4.69) is 4.90 Å². The van der Waals surface area contributed by atoms with Crippen LogP contribution in [-0.2, 0) is 10.4 Å². The van der Waals surface area contributed by atoms with E-state index in [0.29, 0.717) is 18.7 Å². The van der Waals surface area contributed by atoms with Gasteiger partial charge in [-0.2, -0.15) is 0 Å². The van der Waals surface area contributed by atoms with Crippen LogP contribution in [0.4, 0.5) is 17.6 Å². The molecule has 196 valence electrons. The molecule has 2 heterocycles. The average Bonchev–Trinajstić information content (AvgIpc) is 3.24. The summed E-state index contributed by atoms with van der Waals surface area (Å²) in [6.45, 7) is 11.0. The van der Waals surface area contributed by atoms with Crippen molar-refractivity contribution >= 4 is 5.91 Å². The van der Waals surface area contributed by atoms with Crippen molar-refractivity contribution in [2.24, 2.45) is 17.8 Å². The van der Waals surface area contributed by atoms with Crippen LogP contribution in [0.1, 0.15) is 51.7 Å². The van der Waals surface area contributed by atoms with Crippen LogP contribution in [0.3, 0.4) is 0 Å². The van der Waals surface area contributed by atoms with Gasteiger partial charge in [0.25, 0.3) is 0 Å². The monoisotopic (exact) mass is 506 g/mol. The Morgan fingerprint density at radius 2 is 1.53 bits per heavy atom. The third-order valence-electron chi connectivity index (χ3n) is 8.13. The van der Waals surface area contributed by atoms with E-state index in [9.17, 15) is 27.5 Å². The maximum Gasteiger partial charge on any atom is 0.227 e. The number of carbonyl (C=O) groups excluding carboxylic acids is 1. The van der Waals surface area contributed by atoms with Gasteiger partial charge in [-0.05, 0) is 50.1 Å². The number of benzene rings is 2. The van der Waals surface area contributed by atoms with Gasteiger partial charge in [-0.15, -0.1) is 0 Å². The summed E-state index contributed by atoms with van der Waals surface area (Å²) in [5.74, 6) is -5.42. The van der Waals surface area contributed by atoms with Gasteiger partial charge in [0.1, 0.15) is 11.6 Å². The first-order valence-electron chi connectivity index (χ1n) is 12.4. The van der Waals surface area contributed by atoms with Crippen molar-refractivity contribution in [3.8, 4) is 0 Å². The smallest absolute Gasteiger partial charge is 0.227 e. The van der Waals surface area contributed by atoms with E-state index in [1.807, 2.05) is 20.8 Å². The highest BCUT2D eigenvalue weighted by Crippen LogP contribution is 2.44. The topological polar surface area (TPSA) is 43.8 Å². The molecule has 2 fully saturated rings. The maximum atomic E-state index is 14.8. The highest BCUT2D eigenvalue weighted by Gasteiger charge is 2.50. The molecule has 0 saturated carbocycles. The van der Waals surface area contributed by atoms with Crippen LogP contribution >= 0.6 is 0 Å². The summed E-state index contributed by atoms with van der Waals surface area (Å²) in [7, 11) is 0. The van der Waals surface area contributed by atoms with E-state index in [-0.39, 0.29) is 30.1 Å². The Hall–Kier alpha value is -2.45. The molecule has 0 aliphatic carbocycles. The first-order chi connectivity index (χ1) is 16.7. The van der Waals surface area contributed by atoms with Crippen molar-refractivity contribution in [1.82, 2.24) is 9.80 Å². The van der Waals surface area contributed by atoms with Gasteiger partial charge in [0.05, 0.1) is 11.5 Å². The lowest BCUT2D eigenvalue weighted by molar-refractivity contribution is -0.152. The predicted octanol–water partition coefficient (Wildman–Crippen LogP) is 5.06. The Labute approximate surface area is 209 Å². The van der Waals surface area contributed by atoms with Gasteiger partial charge < -0.3 is 10.0 Å². The molecular weight excluding hydrogens is 472 g/mol. The molecule has 2 aliphatic rings. The number of likely N-dealkylation sites (tertiary alicyclic amines) is 2. The zero-order valence-corrected chi connectivity index (χ0v) is 21.4. The molecule has 1 amide bonds. The number of amides is 1. The fourth-order valence-corrected chi connectivity index (χ4v) is 5.95. The van der Waals surface area contributed by atoms with Gasteiger partial charge in [-0.25, -0.2) is 17.6 Å². The van der Waals surface area contributed by atoms with Crippen molar-refractivity contribution in [2.45, 2.75) is 51.7 Å². The number of carbonyl (C=O) groups is 1. The highest BCUT2D eigenvalue weighted by molar-refractivity contribution is 5.81. The van der Waals surface area contributed by atoms with Crippen molar-refractivity contribution in [3.63, 3.8) is 0 Å². The Morgan fingerprint density at radius 3 is 2.08 bits per heavy atom. The summed E-state index contributed by atoms with van der Waals surface area (Å²) in [4.78, 5) is 17.7. The predicted molar refractivity (Wildman–Crippen MR) is 129 cm³/mol. The minimum absolute atomic E-state index is 0.151. The van der Waals surface area contributed by atoms with Gasteiger partial charge in [0.15, 0.2) is 11.6 Å². The van der Waals surface area contributed by atoms with E-state index < -0.39 is 52.5 Å². The van der Waals surface area contributed by atoms with Crippen LogP contribution in [0.25, 0.3) is 0 Å². The zero-order chi connectivity index (χ0) is 26.6. The molecule has 2 aromatic rings. The molecule has 0 unspecified atom stereocenters. The molecule has 4 nitrogen and oxygen atoms in total. The molecule has 36 heavy (non-hydrogen) atoms. The lowest BCUT2D eigenvalue weighted by atomic mass is 9.70. The van der Waals surface area contributed by atoms with Gasteiger partial charge in [-0.3, -0.25) is 9.69 Å². The van der Waals surface area contributed by atoms with Gasteiger partial charge in [0.2, 0.25) is 5.91 Å². The average molecular weight is 507 g/mol. The number of nitrogens with zero attached hydrogens (tertiary/aromatic N) is 2. The Kier molecular flexibility index (Phi) is 6.99. The Morgan fingerprint density at radius 1 is 0.889 bits per heavy atom. The van der Waals surface area contributed by atoms with E-state index in [4.69, 9.17) is 0 Å². The van der Waals surface area contributed by atoms with Crippen molar-refractivity contribution in [3.05, 3.63) is 70.8 Å². The van der Waals surface area contributed by atoms with Crippen LogP contribution in [0.5, 0.6) is 0 Å². The number of hydrogen-bond acceptors (Lipinski definition) is 3. The standard InChI is InChI=1S/C28H34F4N2O2/c1-16-12-33(13-17(2)28(16,36)18-6-9-23(30)25(32)10-18)26(35)22-15-34(27(3,4)5)14-21(22)20-8-7-19(29)11-24(20)31/h6-11,16-17,21-22,36H,12-15H2,1-5H3/t16-,17+,21-,22+,28-/m0/s1. The van der Waals surface area contributed by atoms with Crippen LogP contribution in [0.2, 0.25) is 0 Å². The van der Waals surface area contributed by atoms with E-state index in [0.717, 1.165) is 18.2 Å². The molecule has 0 spiro atoms. The summed E-state index contributed by atoms with van der Waals surface area (Å²) < 4.78 is 55.9. The second kappa shape index (κ2) is 9.45. The van der Waals surface area contributed by atoms with Gasteiger partial charge in [0, 0.05) is 55.5 Å². The molecule has 0 aromatic heterocycles. The maximum absolute atomic E-state index is 14.8. The molecule has 8 heteroatoms. The summed E-state index contributed by atoms with van der Waals surface area (Å²) in [6.07, 6.45) is 0. The summed E-state index contributed by atoms with van der Waals surface area (Å²) in [5.41, 5.74) is -1.10. The molecule has 5 atom stereocenters. The second-order valence-electron chi connectivity index (χ2n) is 11.5. The molecule has 0 radical (unpaired) electrons. The number of aliphatic hydroxyl groups is 1. The van der Waals surface area contributed by atoms with Crippen molar-refractivity contribution < 1.29 is 27.5 Å². The Bertz CT molecular complexity index is 1140. The molecule has 2 aromatic carbocycles. The molecule has 2 aliphatic heterocycles. The van der Waals surface area contributed by atoms with Gasteiger partial charge >= 0.3 is 0 Å². The lowest BCUT2D eigenvalue weighted by Gasteiger charge is -2.48. The zero-order valence-electron chi connectivity index (χ0n) is 21.4. The number of piperidine rings is 1. The number of halogens is 4. The van der Waals surface area contributed by atoms with E-state index in [1.54, 1.807) is 18.7 Å². The summed E-state index contributed by atoms with van der Waals surface area (Å²) >= 11 is 0. The SMILES string of the molecule is C[C@@H]1CN(C(=O)[C@@H]2CN(C(C)(C)C)C[C@H]2c2ccc(F)cc2F)C[C@H](C)[C@@]1(O)c1ccc(F)c(F)c1. The lowest BCUT2D eigenvalue weighted by Crippen LogP contribution is -2.57. The minimum Gasteiger partial charge on any atom is -0.384 e. The first-order valence-corrected chi connectivity index (χ1v) is 12.4. The third-order valence-corrected chi connectivity index (χ3v) is 8.13.